The van der Waals surface area contributed by atoms with E-state index in [-0.39, 0.29) is 11.9 Å². The van der Waals surface area contributed by atoms with E-state index in [1.165, 1.54) is 5.56 Å². The number of pyridine rings is 1. The molecule has 0 saturated carbocycles. The highest BCUT2D eigenvalue weighted by atomic mass is 16.5. The molecule has 0 aliphatic heterocycles. The van der Waals surface area contributed by atoms with Gasteiger partial charge in [-0.3, -0.25) is 9.67 Å². The average Bonchev–Trinajstić information content (AvgIpc) is 3.15. The lowest BCUT2D eigenvalue weighted by Crippen LogP contribution is -1.99. The molecule has 3 heterocycles. The van der Waals surface area contributed by atoms with E-state index in [9.17, 15) is 5.11 Å². The van der Waals surface area contributed by atoms with E-state index in [1.54, 1.807) is 18.5 Å². The third-order valence-corrected chi connectivity index (χ3v) is 4.97. The molecule has 0 radical (unpaired) electrons. The summed E-state index contributed by atoms with van der Waals surface area (Å²) in [5.74, 6) is 0.432. The molecule has 0 fully saturated rings. The molecule has 1 N–H and O–H groups in total. The van der Waals surface area contributed by atoms with Crippen molar-refractivity contribution in [3.05, 3.63) is 90.5 Å². The molecule has 5 rings (SSSR count). The van der Waals surface area contributed by atoms with Crippen LogP contribution in [-0.4, -0.2) is 29.8 Å². The van der Waals surface area contributed by atoms with Gasteiger partial charge in [-0.05, 0) is 36.2 Å². The molecule has 7 heteroatoms. The molecular weight excluding hydrogens is 390 g/mol. The Bertz CT molecular complexity index is 1350. The first-order chi connectivity index (χ1) is 15.2. The number of nitrogens with zero attached hydrogens (tertiary/aromatic N) is 5. The zero-order valence-corrected chi connectivity index (χ0v) is 16.8. The van der Waals surface area contributed by atoms with E-state index in [0.717, 1.165) is 23.4 Å². The van der Waals surface area contributed by atoms with E-state index < -0.39 is 0 Å². The molecule has 0 saturated heterocycles. The normalized spacial score (nSPS) is 11.0. The van der Waals surface area contributed by atoms with Crippen molar-refractivity contribution in [2.45, 2.75) is 13.5 Å². The Morgan fingerprint density at radius 1 is 0.968 bits per heavy atom. The fourth-order valence-corrected chi connectivity index (χ4v) is 3.45. The van der Waals surface area contributed by atoms with Crippen molar-refractivity contribution in [1.29, 1.82) is 0 Å². The maximum absolute atomic E-state index is 10.1. The number of aromatic hydroxyl groups is 1. The minimum absolute atomic E-state index is 0.0672. The Morgan fingerprint density at radius 3 is 2.58 bits per heavy atom. The third kappa shape index (κ3) is 3.93. The highest BCUT2D eigenvalue weighted by Crippen LogP contribution is 2.28. The molecule has 0 unspecified atom stereocenters. The van der Waals surface area contributed by atoms with Crippen LogP contribution in [0.15, 0.2) is 79.3 Å². The van der Waals surface area contributed by atoms with Crippen molar-refractivity contribution in [2.24, 2.45) is 0 Å². The predicted octanol–water partition coefficient (Wildman–Crippen LogP) is 4.74. The molecule has 31 heavy (non-hydrogen) atoms. The maximum Gasteiger partial charge on any atom is 0.325 e. The largest absolute Gasteiger partial charge is 0.493 e. The summed E-state index contributed by atoms with van der Waals surface area (Å²) in [5.41, 5.74) is 4.78. The molecular formula is C24H19N5O2. The summed E-state index contributed by atoms with van der Waals surface area (Å²) >= 11 is 0. The van der Waals surface area contributed by atoms with Crippen molar-refractivity contribution in [3.63, 3.8) is 0 Å². The Morgan fingerprint density at radius 2 is 1.77 bits per heavy atom. The first kappa shape index (κ1) is 18.7. The van der Waals surface area contributed by atoms with Gasteiger partial charge in [0.2, 0.25) is 5.88 Å². The number of benzene rings is 2. The molecule has 5 aromatic rings. The second-order valence-electron chi connectivity index (χ2n) is 7.16. The van der Waals surface area contributed by atoms with Crippen molar-refractivity contribution in [2.75, 3.05) is 0 Å². The highest BCUT2D eigenvalue weighted by molar-refractivity contribution is 5.82. The number of rotatable bonds is 5. The van der Waals surface area contributed by atoms with Gasteiger partial charge in [-0.25, -0.2) is 0 Å². The summed E-state index contributed by atoms with van der Waals surface area (Å²) < 4.78 is 7.69. The zero-order valence-electron chi connectivity index (χ0n) is 16.8. The van der Waals surface area contributed by atoms with Crippen LogP contribution in [0.1, 0.15) is 11.3 Å². The van der Waals surface area contributed by atoms with Gasteiger partial charge in [-0.1, -0.05) is 42.5 Å². The van der Waals surface area contributed by atoms with Crippen LogP contribution in [-0.2, 0) is 6.54 Å². The van der Waals surface area contributed by atoms with Crippen molar-refractivity contribution >= 4 is 10.9 Å². The third-order valence-electron chi connectivity index (χ3n) is 4.97. The predicted molar refractivity (Wildman–Crippen MR) is 117 cm³/mol. The van der Waals surface area contributed by atoms with Crippen LogP contribution >= 0.6 is 0 Å². The molecule has 0 bridgehead atoms. The van der Waals surface area contributed by atoms with Crippen molar-refractivity contribution in [3.8, 4) is 28.8 Å². The van der Waals surface area contributed by atoms with Crippen LogP contribution in [0.4, 0.5) is 0 Å². The van der Waals surface area contributed by atoms with E-state index in [1.807, 2.05) is 54.1 Å². The van der Waals surface area contributed by atoms with Crippen LogP contribution in [0.3, 0.4) is 0 Å². The summed E-state index contributed by atoms with van der Waals surface area (Å²) in [4.78, 5) is 12.3. The minimum atomic E-state index is -0.138. The van der Waals surface area contributed by atoms with Gasteiger partial charge in [0.05, 0.1) is 29.3 Å². The maximum atomic E-state index is 10.1. The summed E-state index contributed by atoms with van der Waals surface area (Å²) in [7, 11) is 0. The summed E-state index contributed by atoms with van der Waals surface area (Å²) in [6.45, 7) is 2.72. The van der Waals surface area contributed by atoms with Gasteiger partial charge >= 0.3 is 6.01 Å². The number of fused-ring (bicyclic) bond motifs is 1. The number of aromatic nitrogens is 5. The van der Waals surface area contributed by atoms with Crippen LogP contribution in [0, 0.1) is 6.92 Å². The Hall–Kier alpha value is -4.26. The molecule has 0 spiro atoms. The van der Waals surface area contributed by atoms with Crippen molar-refractivity contribution in [1.82, 2.24) is 24.7 Å². The Labute approximate surface area is 178 Å². The summed E-state index contributed by atoms with van der Waals surface area (Å²) in [6.07, 6.45) is 5.19. The lowest BCUT2D eigenvalue weighted by Gasteiger charge is -2.07. The van der Waals surface area contributed by atoms with Crippen LogP contribution < -0.4 is 4.74 Å². The first-order valence-corrected chi connectivity index (χ1v) is 9.83. The van der Waals surface area contributed by atoms with Gasteiger partial charge in [0.15, 0.2) is 0 Å². The minimum Gasteiger partial charge on any atom is -0.493 e. The van der Waals surface area contributed by atoms with Gasteiger partial charge in [0.25, 0.3) is 0 Å². The molecule has 0 amide bonds. The second-order valence-corrected chi connectivity index (χ2v) is 7.16. The van der Waals surface area contributed by atoms with Crippen LogP contribution in [0.25, 0.3) is 22.0 Å². The van der Waals surface area contributed by atoms with E-state index in [2.05, 4.69) is 38.4 Å². The quantitative estimate of drug-likeness (QED) is 0.451. The van der Waals surface area contributed by atoms with E-state index in [0.29, 0.717) is 16.7 Å². The molecule has 7 nitrogen and oxygen atoms in total. The van der Waals surface area contributed by atoms with Gasteiger partial charge in [-0.2, -0.15) is 15.1 Å². The van der Waals surface area contributed by atoms with Gasteiger partial charge in [0.1, 0.15) is 5.75 Å². The molecule has 0 aliphatic rings. The SMILES string of the molecule is Cc1nn(Cc2ccccc2)cc1-c1ccc(Oc2nc(O)c3ccncc3n2)cc1. The lowest BCUT2D eigenvalue weighted by molar-refractivity contribution is 0.412. The second kappa shape index (κ2) is 7.87. The van der Waals surface area contributed by atoms with E-state index in [4.69, 9.17) is 4.74 Å². The molecule has 2 aromatic carbocycles. The van der Waals surface area contributed by atoms with Crippen molar-refractivity contribution < 1.29 is 9.84 Å². The topological polar surface area (TPSA) is 86.0 Å². The lowest BCUT2D eigenvalue weighted by atomic mass is 10.1. The summed E-state index contributed by atoms with van der Waals surface area (Å²) in [5, 5.41) is 15.3. The van der Waals surface area contributed by atoms with Crippen LogP contribution in [0.5, 0.6) is 17.6 Å². The molecule has 152 valence electrons. The Balaban J connectivity index is 1.36. The molecule has 0 atom stereocenters. The van der Waals surface area contributed by atoms with Gasteiger partial charge in [-0.15, -0.1) is 0 Å². The number of ether oxygens (including phenoxy) is 1. The monoisotopic (exact) mass is 409 g/mol. The fraction of sp³-hybridized carbons (Fsp3) is 0.0833. The number of aryl methyl sites for hydroxylation is 1. The van der Waals surface area contributed by atoms with E-state index >= 15 is 0 Å². The molecule has 3 aromatic heterocycles. The van der Waals surface area contributed by atoms with Gasteiger partial charge < -0.3 is 9.84 Å². The number of hydrogen-bond acceptors (Lipinski definition) is 6. The highest BCUT2D eigenvalue weighted by Gasteiger charge is 2.11. The molecule has 0 aliphatic carbocycles. The Kier molecular flexibility index (Phi) is 4.76. The zero-order chi connectivity index (χ0) is 21.2. The van der Waals surface area contributed by atoms with Crippen LogP contribution in [0.2, 0.25) is 0 Å². The first-order valence-electron chi connectivity index (χ1n) is 9.83. The summed E-state index contributed by atoms with van der Waals surface area (Å²) in [6, 6.07) is 19.6. The number of hydrogen-bond donors (Lipinski definition) is 1. The van der Waals surface area contributed by atoms with Gasteiger partial charge in [0, 0.05) is 18.0 Å². The standard InChI is InChI=1S/C24H19N5O2/c1-16-21(15-29(28-16)14-17-5-3-2-4-6-17)18-7-9-19(10-8-18)31-24-26-22-13-25-12-11-20(22)23(30)27-24/h2-13,15H,14H2,1H3,(H,26,27,30). The fourth-order valence-electron chi connectivity index (χ4n) is 3.45. The average molecular weight is 409 g/mol. The smallest absolute Gasteiger partial charge is 0.325 e.